The van der Waals surface area contributed by atoms with Gasteiger partial charge in [0.15, 0.2) is 0 Å². The molecular weight excluding hydrogens is 286 g/mol. The Hall–Kier alpha value is -1.36. The SMILES string of the molecule is O=C(O)CC1CN(C(=O)c2cc3c(s2)CCCCCC3)C1. The van der Waals surface area contributed by atoms with E-state index < -0.39 is 5.97 Å². The van der Waals surface area contributed by atoms with Gasteiger partial charge in [-0.25, -0.2) is 0 Å². The summed E-state index contributed by atoms with van der Waals surface area (Å²) in [5, 5.41) is 8.75. The van der Waals surface area contributed by atoms with E-state index in [0.717, 1.165) is 17.7 Å². The Morgan fingerprint density at radius 1 is 1.19 bits per heavy atom. The lowest BCUT2D eigenvalue weighted by Gasteiger charge is -2.38. The molecule has 1 aliphatic heterocycles. The maximum atomic E-state index is 12.4. The summed E-state index contributed by atoms with van der Waals surface area (Å²) in [6, 6.07) is 2.08. The quantitative estimate of drug-likeness (QED) is 0.934. The molecule has 0 unspecified atom stereocenters. The van der Waals surface area contributed by atoms with Crippen molar-refractivity contribution in [3.63, 3.8) is 0 Å². The lowest BCUT2D eigenvalue weighted by molar-refractivity contribution is -0.139. The van der Waals surface area contributed by atoms with Crippen LogP contribution in [0, 0.1) is 5.92 Å². The lowest BCUT2D eigenvalue weighted by Crippen LogP contribution is -2.50. The summed E-state index contributed by atoms with van der Waals surface area (Å²) in [7, 11) is 0. The maximum Gasteiger partial charge on any atom is 0.303 e. The number of hydrogen-bond donors (Lipinski definition) is 1. The zero-order valence-electron chi connectivity index (χ0n) is 12.1. The fraction of sp³-hybridized carbons (Fsp3) is 0.625. The van der Waals surface area contributed by atoms with Gasteiger partial charge in [0, 0.05) is 23.9 Å². The second-order valence-electron chi connectivity index (χ2n) is 6.15. The Bertz CT molecular complexity index is 520. The van der Waals surface area contributed by atoms with Crippen LogP contribution in [0.1, 0.15) is 52.2 Å². The van der Waals surface area contributed by atoms with Crippen LogP contribution < -0.4 is 0 Å². The standard InChI is InChI=1S/C16H21NO3S/c18-15(19)7-11-9-17(10-11)16(20)14-8-12-5-3-1-2-4-6-13(12)21-14/h8,11H,1-7,9-10H2,(H,18,19). The number of carbonyl (C=O) groups excluding carboxylic acids is 1. The van der Waals surface area contributed by atoms with E-state index in [2.05, 4.69) is 6.07 Å². The van der Waals surface area contributed by atoms with Crippen LogP contribution in [0.5, 0.6) is 0 Å². The summed E-state index contributed by atoms with van der Waals surface area (Å²) in [5.41, 5.74) is 1.37. The maximum absolute atomic E-state index is 12.4. The molecular formula is C16H21NO3S. The third kappa shape index (κ3) is 3.28. The van der Waals surface area contributed by atoms with Crippen LogP contribution in [0.4, 0.5) is 0 Å². The summed E-state index contributed by atoms with van der Waals surface area (Å²) in [5.74, 6) is -0.549. The van der Waals surface area contributed by atoms with Crippen molar-refractivity contribution in [3.8, 4) is 0 Å². The van der Waals surface area contributed by atoms with Crippen molar-refractivity contribution in [2.75, 3.05) is 13.1 Å². The van der Waals surface area contributed by atoms with Gasteiger partial charge in [0.2, 0.25) is 0 Å². The van der Waals surface area contributed by atoms with E-state index in [0.29, 0.717) is 13.1 Å². The molecule has 1 amide bonds. The molecule has 1 aromatic rings. The molecule has 4 nitrogen and oxygen atoms in total. The molecule has 3 rings (SSSR count). The van der Waals surface area contributed by atoms with Crippen molar-refractivity contribution < 1.29 is 14.7 Å². The Morgan fingerprint density at radius 3 is 2.62 bits per heavy atom. The minimum Gasteiger partial charge on any atom is -0.481 e. The first-order valence-corrected chi connectivity index (χ1v) is 8.58. The van der Waals surface area contributed by atoms with E-state index in [1.54, 1.807) is 16.2 Å². The monoisotopic (exact) mass is 307 g/mol. The third-order valence-electron chi connectivity index (χ3n) is 4.42. The molecule has 114 valence electrons. The van der Waals surface area contributed by atoms with Crippen molar-refractivity contribution in [2.45, 2.75) is 44.9 Å². The molecule has 21 heavy (non-hydrogen) atoms. The Balaban J connectivity index is 1.63. The van der Waals surface area contributed by atoms with E-state index in [1.165, 1.54) is 36.1 Å². The zero-order chi connectivity index (χ0) is 14.8. The highest BCUT2D eigenvalue weighted by Crippen LogP contribution is 2.31. The number of aliphatic carboxylic acids is 1. The number of rotatable bonds is 3. The molecule has 1 N–H and O–H groups in total. The molecule has 5 heteroatoms. The van der Waals surface area contributed by atoms with Crippen LogP contribution in [-0.4, -0.2) is 35.0 Å². The first kappa shape index (κ1) is 14.6. The van der Waals surface area contributed by atoms with Gasteiger partial charge < -0.3 is 10.0 Å². The first-order valence-electron chi connectivity index (χ1n) is 7.76. The van der Waals surface area contributed by atoms with E-state index in [-0.39, 0.29) is 18.2 Å². The van der Waals surface area contributed by atoms with Gasteiger partial charge in [-0.15, -0.1) is 11.3 Å². The molecule has 0 radical (unpaired) electrons. The highest BCUT2D eigenvalue weighted by atomic mass is 32.1. The number of fused-ring (bicyclic) bond motifs is 1. The number of thiophene rings is 1. The highest BCUT2D eigenvalue weighted by Gasteiger charge is 2.33. The summed E-state index contributed by atoms with van der Waals surface area (Å²) in [4.78, 5) is 27.1. The van der Waals surface area contributed by atoms with Crippen LogP contribution in [0.2, 0.25) is 0 Å². The Kier molecular flexibility index (Phi) is 4.29. The first-order chi connectivity index (χ1) is 10.1. The molecule has 2 heterocycles. The number of nitrogens with zero attached hydrogens (tertiary/aromatic N) is 1. The van der Waals surface area contributed by atoms with Crippen LogP contribution in [-0.2, 0) is 17.6 Å². The smallest absolute Gasteiger partial charge is 0.303 e. The van der Waals surface area contributed by atoms with Crippen molar-refractivity contribution in [3.05, 3.63) is 21.4 Å². The molecule has 0 spiro atoms. The zero-order valence-corrected chi connectivity index (χ0v) is 13.0. The van der Waals surface area contributed by atoms with Gasteiger partial charge in [-0.1, -0.05) is 12.8 Å². The van der Waals surface area contributed by atoms with E-state index in [4.69, 9.17) is 5.11 Å². The topological polar surface area (TPSA) is 57.6 Å². The van der Waals surface area contributed by atoms with Crippen molar-refractivity contribution in [2.24, 2.45) is 5.92 Å². The summed E-state index contributed by atoms with van der Waals surface area (Å²) in [6.07, 6.45) is 7.42. The number of carbonyl (C=O) groups is 2. The van der Waals surface area contributed by atoms with Gasteiger partial charge in [0.05, 0.1) is 11.3 Å². The molecule has 1 aromatic heterocycles. The van der Waals surface area contributed by atoms with Crippen molar-refractivity contribution >= 4 is 23.2 Å². The van der Waals surface area contributed by atoms with Gasteiger partial charge in [-0.2, -0.15) is 0 Å². The van der Waals surface area contributed by atoms with E-state index in [1.807, 2.05) is 0 Å². The van der Waals surface area contributed by atoms with Gasteiger partial charge >= 0.3 is 5.97 Å². The normalized spacial score (nSPS) is 19.3. The van der Waals surface area contributed by atoms with Crippen LogP contribution >= 0.6 is 11.3 Å². The summed E-state index contributed by atoms with van der Waals surface area (Å²) < 4.78 is 0. The molecule has 0 aromatic carbocycles. The number of aryl methyl sites for hydroxylation is 2. The van der Waals surface area contributed by atoms with E-state index in [9.17, 15) is 9.59 Å². The lowest BCUT2D eigenvalue weighted by atomic mass is 9.96. The minimum absolute atomic E-state index is 0.0911. The van der Waals surface area contributed by atoms with Gasteiger partial charge in [0.25, 0.3) is 5.91 Å². The number of hydrogen-bond acceptors (Lipinski definition) is 3. The molecule has 0 atom stereocenters. The van der Waals surface area contributed by atoms with Gasteiger partial charge in [0.1, 0.15) is 0 Å². The highest BCUT2D eigenvalue weighted by molar-refractivity contribution is 7.14. The third-order valence-corrected chi connectivity index (χ3v) is 5.64. The average molecular weight is 307 g/mol. The van der Waals surface area contributed by atoms with Crippen LogP contribution in [0.15, 0.2) is 6.07 Å². The second kappa shape index (κ2) is 6.18. The molecule has 1 aliphatic carbocycles. The average Bonchev–Trinajstić information content (AvgIpc) is 2.75. The van der Waals surface area contributed by atoms with Crippen LogP contribution in [0.25, 0.3) is 0 Å². The number of amides is 1. The fourth-order valence-corrected chi connectivity index (χ4v) is 4.44. The predicted octanol–water partition coefficient (Wildman–Crippen LogP) is 2.95. The van der Waals surface area contributed by atoms with Gasteiger partial charge in [-0.3, -0.25) is 9.59 Å². The molecule has 2 aliphatic rings. The van der Waals surface area contributed by atoms with Crippen molar-refractivity contribution in [1.29, 1.82) is 0 Å². The molecule has 1 fully saturated rings. The summed E-state index contributed by atoms with van der Waals surface area (Å²) >= 11 is 1.65. The number of carboxylic acid groups (broad SMARTS) is 1. The van der Waals surface area contributed by atoms with Gasteiger partial charge in [-0.05, 0) is 37.3 Å². The predicted molar refractivity (Wildman–Crippen MR) is 81.8 cm³/mol. The van der Waals surface area contributed by atoms with E-state index >= 15 is 0 Å². The second-order valence-corrected chi connectivity index (χ2v) is 7.28. The molecule has 0 bridgehead atoms. The van der Waals surface area contributed by atoms with Crippen molar-refractivity contribution in [1.82, 2.24) is 4.90 Å². The Morgan fingerprint density at radius 2 is 1.90 bits per heavy atom. The Labute approximate surface area is 128 Å². The minimum atomic E-state index is -0.772. The molecule has 1 saturated heterocycles. The fourth-order valence-electron chi connectivity index (χ4n) is 3.22. The number of carboxylic acids is 1. The largest absolute Gasteiger partial charge is 0.481 e. The molecule has 0 saturated carbocycles. The number of likely N-dealkylation sites (tertiary alicyclic amines) is 1. The summed E-state index contributed by atoms with van der Waals surface area (Å²) in [6.45, 7) is 1.18. The van der Waals surface area contributed by atoms with Crippen LogP contribution in [0.3, 0.4) is 0 Å².